The summed E-state index contributed by atoms with van der Waals surface area (Å²) in [6, 6.07) is 3.37. The van der Waals surface area contributed by atoms with Gasteiger partial charge in [0.05, 0.1) is 24.2 Å². The van der Waals surface area contributed by atoms with Crippen LogP contribution in [-0.4, -0.2) is 115 Å². The minimum absolute atomic E-state index is 0.0608. The summed E-state index contributed by atoms with van der Waals surface area (Å²) in [6.07, 6.45) is -9.21. The summed E-state index contributed by atoms with van der Waals surface area (Å²) in [6.45, 7) is 1.27. The standard InChI is InChI=1S/C27H31N9O15P2/c1-10-3-12-13(4-11(10)2)35(24-18(32-12)25(42)34-27(43)33-24)5-14(37)19(39)15(38)6-47-52(44,45)51-50-53(51,46)48-7-16-20(40)21(41)26(49-16)36-9-31-17-22(28)29-8-30-23(17)36/h3-4,8-9,14-16,19-21,26,37-41H,5-7H2,1-2H3,(H3-,28,29,30,34,42,43,44,45)/p+2/t14-,15+,16+,19-,20+,21+,26+,53-/m0/s1. The Morgan fingerprint density at radius 1 is 1.09 bits per heavy atom. The number of nitrogens with one attached hydrogen (secondary N) is 2. The topological polar surface area (TPSA) is 351 Å². The Balaban J connectivity index is 0.978. The minimum Gasteiger partial charge on any atom is -0.388 e. The molecule has 4 aromatic heterocycles. The molecule has 0 saturated carbocycles. The number of fused-ring (bicyclic) bond motifs is 3. The molecule has 2 fully saturated rings. The second kappa shape index (κ2) is 13.6. The molecule has 0 radical (unpaired) electrons. The minimum atomic E-state index is -5.22. The molecule has 6 heterocycles. The van der Waals surface area contributed by atoms with Gasteiger partial charge in [-0.05, 0) is 37.1 Å². The van der Waals surface area contributed by atoms with E-state index in [-0.39, 0.29) is 28.1 Å². The molecule has 2 aliphatic rings. The smallest absolute Gasteiger partial charge is 0.388 e. The van der Waals surface area contributed by atoms with Gasteiger partial charge in [0, 0.05) is 0 Å². The summed E-state index contributed by atoms with van der Waals surface area (Å²) in [5, 5.41) is 53.4. The number of nitrogens with zero attached hydrogens (tertiary/aromatic N) is 6. The third-order valence-electron chi connectivity index (χ3n) is 8.77. The summed E-state index contributed by atoms with van der Waals surface area (Å²) in [5.41, 5.74) is 6.56. The Morgan fingerprint density at radius 3 is 2.58 bits per heavy atom. The van der Waals surface area contributed by atoms with Crippen LogP contribution in [0.1, 0.15) is 17.4 Å². The number of aryl methyl sites for hydroxylation is 2. The van der Waals surface area contributed by atoms with E-state index < -0.39 is 89.5 Å². The van der Waals surface area contributed by atoms with Crippen LogP contribution >= 0.6 is 15.6 Å². The number of nitrogen functional groups attached to an aromatic ring is 1. The van der Waals surface area contributed by atoms with E-state index in [4.69, 9.17) is 19.5 Å². The van der Waals surface area contributed by atoms with Crippen LogP contribution in [-0.2, 0) is 38.2 Å². The van der Waals surface area contributed by atoms with Gasteiger partial charge in [-0.2, -0.15) is 14.1 Å². The van der Waals surface area contributed by atoms with E-state index in [1.165, 1.54) is 15.5 Å². The number of aliphatic hydroxyl groups is 5. The molecule has 0 aliphatic carbocycles. The van der Waals surface area contributed by atoms with Gasteiger partial charge in [0.15, 0.2) is 23.2 Å². The first-order chi connectivity index (χ1) is 25.0. The number of anilines is 1. The third kappa shape index (κ3) is 6.78. The average Bonchev–Trinajstić information content (AvgIpc) is 3.48. The van der Waals surface area contributed by atoms with Crippen molar-refractivity contribution in [3.8, 4) is 0 Å². The van der Waals surface area contributed by atoms with Gasteiger partial charge in [-0.25, -0.2) is 38.3 Å². The van der Waals surface area contributed by atoms with Crippen LogP contribution in [0.25, 0.3) is 33.4 Å². The van der Waals surface area contributed by atoms with E-state index in [0.29, 0.717) is 11.0 Å². The van der Waals surface area contributed by atoms with E-state index in [0.717, 1.165) is 21.5 Å². The van der Waals surface area contributed by atoms with Crippen LogP contribution < -0.4 is 21.5 Å². The highest BCUT2D eigenvalue weighted by Crippen LogP contribution is 2.85. The van der Waals surface area contributed by atoms with E-state index in [1.807, 2.05) is 6.92 Å². The molecule has 7 rings (SSSR count). The van der Waals surface area contributed by atoms with Crippen LogP contribution in [0.5, 0.6) is 0 Å². The number of ether oxygens (including phenoxy) is 1. The van der Waals surface area contributed by atoms with Crippen molar-refractivity contribution in [2.75, 3.05) is 18.9 Å². The Labute approximate surface area is 294 Å². The van der Waals surface area contributed by atoms with Crippen molar-refractivity contribution in [2.24, 2.45) is 0 Å². The van der Waals surface area contributed by atoms with Crippen molar-refractivity contribution >= 4 is 54.8 Å². The molecule has 5 aromatic rings. The number of benzene rings is 1. The van der Waals surface area contributed by atoms with E-state index >= 15 is 0 Å². The van der Waals surface area contributed by atoms with Crippen molar-refractivity contribution in [3.05, 3.63) is 56.8 Å². The number of hydrogen-bond acceptors (Lipinski definition) is 18. The predicted molar refractivity (Wildman–Crippen MR) is 175 cm³/mol. The normalized spacial score (nSPS) is 26.3. The van der Waals surface area contributed by atoms with Crippen molar-refractivity contribution in [2.45, 2.75) is 63.2 Å². The first-order valence-corrected chi connectivity index (χ1v) is 18.6. The molecule has 284 valence electrons. The quantitative estimate of drug-likeness (QED) is 0.0158. The van der Waals surface area contributed by atoms with E-state index in [1.54, 1.807) is 19.1 Å². The summed E-state index contributed by atoms with van der Waals surface area (Å²) < 4.78 is 49.6. The molecule has 2 saturated heterocycles. The maximum absolute atomic E-state index is 12.9. The first-order valence-electron chi connectivity index (χ1n) is 15.6. The Hall–Kier alpha value is -4.13. The molecule has 1 unspecified atom stereocenters. The highest BCUT2D eigenvalue weighted by atomic mass is 31.3. The lowest BCUT2D eigenvalue weighted by atomic mass is 10.1. The summed E-state index contributed by atoms with van der Waals surface area (Å²) in [5.74, 6) is 0.0608. The maximum atomic E-state index is 12.9. The molecule has 0 bridgehead atoms. The van der Waals surface area contributed by atoms with Gasteiger partial charge in [0.1, 0.15) is 60.5 Å². The second-order valence-corrected chi connectivity index (χ2v) is 15.8. The average molecular weight is 786 g/mol. The van der Waals surface area contributed by atoms with Gasteiger partial charge in [-0.3, -0.25) is 19.2 Å². The molecule has 9 atom stereocenters. The molecule has 0 amide bonds. The molecule has 26 heteroatoms. The van der Waals surface area contributed by atoms with Crippen molar-refractivity contribution in [1.29, 1.82) is 0 Å². The van der Waals surface area contributed by atoms with Crippen molar-refractivity contribution in [3.63, 3.8) is 0 Å². The largest absolute Gasteiger partial charge is 0.748 e. The van der Waals surface area contributed by atoms with Crippen molar-refractivity contribution < 1.29 is 66.7 Å². The fourth-order valence-electron chi connectivity index (χ4n) is 5.78. The molecule has 2 aliphatic heterocycles. The van der Waals surface area contributed by atoms with Crippen molar-refractivity contribution in [1.82, 2.24) is 34.5 Å². The van der Waals surface area contributed by atoms with Crippen LogP contribution in [0, 0.1) is 13.8 Å². The highest BCUT2D eigenvalue weighted by molar-refractivity contribution is 7.66. The number of aliphatic hydroxyl groups excluding tert-OH is 5. The van der Waals surface area contributed by atoms with E-state index in [9.17, 15) is 49.1 Å². The predicted octanol–water partition coefficient (Wildman–Crippen LogP) is -2.47. The molecule has 1 aromatic carbocycles. The molecule has 53 heavy (non-hydrogen) atoms. The second-order valence-electron chi connectivity index (χ2n) is 12.3. The number of aromatic nitrogens is 8. The molecule has 10 N–H and O–H groups in total. The molecule has 0 spiro atoms. The molecular formula is C27H33N9O15P2+2. The fourth-order valence-corrected chi connectivity index (χ4v) is 8.84. The fraction of sp³-hybridized carbons (Fsp3) is 0.444. The summed E-state index contributed by atoms with van der Waals surface area (Å²) in [7, 11) is -9.78. The number of H-pyrrole nitrogens is 2. The lowest BCUT2D eigenvalue weighted by Gasteiger charge is -2.22. The molecular weight excluding hydrogens is 752 g/mol. The van der Waals surface area contributed by atoms with E-state index in [2.05, 4.69) is 34.6 Å². The van der Waals surface area contributed by atoms with Gasteiger partial charge in [0.2, 0.25) is 5.52 Å². The Morgan fingerprint density at radius 2 is 1.83 bits per heavy atom. The number of rotatable bonds is 12. The van der Waals surface area contributed by atoms with Crippen LogP contribution in [0.3, 0.4) is 0 Å². The molecule has 24 nitrogen and oxygen atoms in total. The Bertz CT molecular complexity index is 2460. The van der Waals surface area contributed by atoms with Gasteiger partial charge in [-0.15, -0.1) is 0 Å². The number of imidazole rings is 1. The van der Waals surface area contributed by atoms with Gasteiger partial charge in [0.25, 0.3) is 5.56 Å². The third-order valence-corrected chi connectivity index (χ3v) is 12.2. The summed E-state index contributed by atoms with van der Waals surface area (Å²) >= 11 is 0. The zero-order valence-electron chi connectivity index (χ0n) is 27.5. The van der Waals surface area contributed by atoms with Gasteiger partial charge < -0.3 is 36.0 Å². The Kier molecular flexibility index (Phi) is 9.56. The van der Waals surface area contributed by atoms with Crippen LogP contribution in [0.15, 0.2) is 34.4 Å². The van der Waals surface area contributed by atoms with Gasteiger partial charge in [-0.1, -0.05) is 4.09 Å². The van der Waals surface area contributed by atoms with Gasteiger partial charge >= 0.3 is 27.0 Å². The summed E-state index contributed by atoms with van der Waals surface area (Å²) in [4.78, 5) is 55.8. The first kappa shape index (κ1) is 37.2. The van der Waals surface area contributed by atoms with Crippen LogP contribution in [0.2, 0.25) is 0 Å². The zero-order valence-corrected chi connectivity index (χ0v) is 29.3. The lowest BCUT2D eigenvalue weighted by Crippen LogP contribution is -2.51. The zero-order chi connectivity index (χ0) is 38.1. The maximum Gasteiger partial charge on any atom is 0.748 e. The highest BCUT2D eigenvalue weighted by Gasteiger charge is 2.80. The number of aromatic amines is 2. The lowest BCUT2D eigenvalue weighted by molar-refractivity contribution is -0.657. The monoisotopic (exact) mass is 785 g/mol. The number of nitrogens with two attached hydrogens (primary N) is 1. The SMILES string of the molecule is Cc1cc2nc3c(=O)[nH]c(=O)[nH]c3[n+](C[C@H](O)[C@H](O)[C@H](O)COP(=O)(O)[O+]3O[P@]3(=O)OC[C@H]3O[C@@H](n4cnc5c(N)ncnc54)[C@H](O)[C@@H]3O)c2cc1C. The number of hydrogen-bond donors (Lipinski definition) is 9. The van der Waals surface area contributed by atoms with Crippen LogP contribution in [0.4, 0.5) is 5.82 Å².